The van der Waals surface area contributed by atoms with Gasteiger partial charge < -0.3 is 5.73 Å². The molecule has 0 unspecified atom stereocenters. The Bertz CT molecular complexity index is 307. The molecule has 2 N–H and O–H groups in total. The molecule has 0 aromatic carbocycles. The van der Waals surface area contributed by atoms with Crippen molar-refractivity contribution in [3.8, 4) is 0 Å². The van der Waals surface area contributed by atoms with Crippen molar-refractivity contribution in [2.75, 3.05) is 18.8 Å². The van der Waals surface area contributed by atoms with Crippen LogP contribution in [0.5, 0.6) is 0 Å². The molecule has 1 saturated carbocycles. The zero-order chi connectivity index (χ0) is 10.7. The van der Waals surface area contributed by atoms with Crippen LogP contribution in [0.4, 0.5) is 5.13 Å². The molecule has 0 radical (unpaired) electrons. The average molecular weight is 225 g/mol. The second-order valence-electron chi connectivity index (χ2n) is 4.27. The predicted molar refractivity (Wildman–Crippen MR) is 64.8 cm³/mol. The number of nitrogen functional groups attached to an aromatic ring is 1. The molecular weight excluding hydrogens is 206 g/mol. The van der Waals surface area contributed by atoms with Gasteiger partial charge in [0.25, 0.3) is 0 Å². The minimum Gasteiger partial charge on any atom is -0.375 e. The van der Waals surface area contributed by atoms with Crippen LogP contribution in [-0.2, 0) is 6.54 Å². The van der Waals surface area contributed by atoms with E-state index in [1.54, 1.807) is 11.3 Å². The Labute approximate surface area is 95.3 Å². The number of aromatic nitrogens is 1. The highest BCUT2D eigenvalue weighted by molar-refractivity contribution is 7.15. The average Bonchev–Trinajstić information content (AvgIpc) is 2.97. The number of hydrogen-bond donors (Lipinski definition) is 1. The van der Waals surface area contributed by atoms with E-state index in [1.807, 2.05) is 6.20 Å². The number of nitrogens with two attached hydrogens (primary N) is 1. The van der Waals surface area contributed by atoms with Crippen molar-refractivity contribution in [2.24, 2.45) is 5.92 Å². The zero-order valence-electron chi connectivity index (χ0n) is 9.28. The summed E-state index contributed by atoms with van der Waals surface area (Å²) in [4.78, 5) is 7.84. The van der Waals surface area contributed by atoms with Crippen LogP contribution in [0.15, 0.2) is 6.20 Å². The van der Waals surface area contributed by atoms with Gasteiger partial charge in [-0.05, 0) is 25.4 Å². The second kappa shape index (κ2) is 4.94. The molecule has 1 fully saturated rings. The number of rotatable bonds is 6. The van der Waals surface area contributed by atoms with E-state index in [1.165, 1.54) is 30.7 Å². The maximum Gasteiger partial charge on any atom is 0.180 e. The van der Waals surface area contributed by atoms with Gasteiger partial charge in [0.2, 0.25) is 0 Å². The molecule has 0 spiro atoms. The Balaban J connectivity index is 1.78. The smallest absolute Gasteiger partial charge is 0.180 e. The third-order valence-corrected chi connectivity index (χ3v) is 3.76. The van der Waals surface area contributed by atoms with E-state index >= 15 is 0 Å². The molecule has 1 aliphatic carbocycles. The molecule has 0 saturated heterocycles. The first-order chi connectivity index (χ1) is 7.28. The van der Waals surface area contributed by atoms with Crippen LogP contribution in [0.1, 0.15) is 31.1 Å². The molecule has 0 bridgehead atoms. The van der Waals surface area contributed by atoms with Gasteiger partial charge in [-0.3, -0.25) is 4.90 Å². The molecule has 84 valence electrons. The normalized spacial score (nSPS) is 16.1. The van der Waals surface area contributed by atoms with Crippen molar-refractivity contribution in [2.45, 2.75) is 32.7 Å². The van der Waals surface area contributed by atoms with Crippen molar-refractivity contribution in [1.82, 2.24) is 9.88 Å². The van der Waals surface area contributed by atoms with Crippen LogP contribution >= 0.6 is 11.3 Å². The molecular formula is C11H19N3S. The standard InChI is InChI=1S/C11H19N3S/c1-2-14(6-5-9-3-4-9)8-10-7-13-11(12)15-10/h7,9H,2-6,8H2,1H3,(H2,12,13). The first kappa shape index (κ1) is 10.9. The van der Waals surface area contributed by atoms with Crippen molar-refractivity contribution in [3.63, 3.8) is 0 Å². The van der Waals surface area contributed by atoms with Crippen LogP contribution < -0.4 is 5.73 Å². The van der Waals surface area contributed by atoms with Gasteiger partial charge in [0.1, 0.15) is 0 Å². The van der Waals surface area contributed by atoms with Crippen LogP contribution in [0.25, 0.3) is 0 Å². The summed E-state index contributed by atoms with van der Waals surface area (Å²) in [6, 6.07) is 0. The second-order valence-corrected chi connectivity index (χ2v) is 5.41. The Morgan fingerprint density at radius 1 is 1.60 bits per heavy atom. The Hall–Kier alpha value is -0.610. The SMILES string of the molecule is CCN(CCC1CC1)Cc1cnc(N)s1. The van der Waals surface area contributed by atoms with Crippen LogP contribution in [0, 0.1) is 5.92 Å². The fraction of sp³-hybridized carbons (Fsp3) is 0.727. The molecule has 2 rings (SSSR count). The van der Waals surface area contributed by atoms with Gasteiger partial charge in [0.05, 0.1) is 0 Å². The number of thiazole rings is 1. The number of nitrogens with zero attached hydrogens (tertiary/aromatic N) is 2. The van der Waals surface area contributed by atoms with Gasteiger partial charge >= 0.3 is 0 Å². The van der Waals surface area contributed by atoms with Gasteiger partial charge in [0, 0.05) is 17.6 Å². The van der Waals surface area contributed by atoms with E-state index in [9.17, 15) is 0 Å². The summed E-state index contributed by atoms with van der Waals surface area (Å²) < 4.78 is 0. The fourth-order valence-corrected chi connectivity index (χ4v) is 2.46. The molecule has 0 amide bonds. The van der Waals surface area contributed by atoms with Gasteiger partial charge in [-0.25, -0.2) is 4.98 Å². The van der Waals surface area contributed by atoms with E-state index in [4.69, 9.17) is 5.73 Å². The highest BCUT2D eigenvalue weighted by Gasteiger charge is 2.21. The van der Waals surface area contributed by atoms with E-state index in [2.05, 4.69) is 16.8 Å². The molecule has 1 heterocycles. The summed E-state index contributed by atoms with van der Waals surface area (Å²) in [5.74, 6) is 1.02. The zero-order valence-corrected chi connectivity index (χ0v) is 10.1. The molecule has 1 aromatic heterocycles. The predicted octanol–water partition coefficient (Wildman–Crippen LogP) is 2.35. The Morgan fingerprint density at radius 2 is 2.40 bits per heavy atom. The maximum absolute atomic E-state index is 5.62. The van der Waals surface area contributed by atoms with E-state index in [0.29, 0.717) is 5.13 Å². The molecule has 0 aliphatic heterocycles. The lowest BCUT2D eigenvalue weighted by Crippen LogP contribution is -2.23. The van der Waals surface area contributed by atoms with Gasteiger partial charge in [-0.2, -0.15) is 0 Å². The minimum atomic E-state index is 0.684. The first-order valence-electron chi connectivity index (χ1n) is 5.70. The summed E-state index contributed by atoms with van der Waals surface area (Å²) in [5, 5.41) is 0.684. The molecule has 1 aromatic rings. The van der Waals surface area contributed by atoms with Crippen molar-refractivity contribution in [1.29, 1.82) is 0 Å². The number of anilines is 1. The molecule has 15 heavy (non-hydrogen) atoms. The van der Waals surface area contributed by atoms with Gasteiger partial charge in [-0.15, -0.1) is 11.3 Å². The molecule has 0 atom stereocenters. The highest BCUT2D eigenvalue weighted by Crippen LogP contribution is 2.32. The highest BCUT2D eigenvalue weighted by atomic mass is 32.1. The van der Waals surface area contributed by atoms with Gasteiger partial charge in [-0.1, -0.05) is 19.8 Å². The summed E-state index contributed by atoms with van der Waals surface area (Å²) >= 11 is 1.61. The number of hydrogen-bond acceptors (Lipinski definition) is 4. The van der Waals surface area contributed by atoms with Crippen LogP contribution in [0.2, 0.25) is 0 Å². The maximum atomic E-state index is 5.62. The fourth-order valence-electron chi connectivity index (χ4n) is 1.74. The lowest BCUT2D eigenvalue weighted by Gasteiger charge is -2.18. The monoisotopic (exact) mass is 225 g/mol. The van der Waals surface area contributed by atoms with E-state index in [-0.39, 0.29) is 0 Å². The summed E-state index contributed by atoms with van der Waals surface area (Å²) in [6.07, 6.45) is 6.16. The van der Waals surface area contributed by atoms with Crippen molar-refractivity contribution >= 4 is 16.5 Å². The van der Waals surface area contributed by atoms with E-state index < -0.39 is 0 Å². The topological polar surface area (TPSA) is 42.2 Å². The Kier molecular flexibility index (Phi) is 3.59. The Morgan fingerprint density at radius 3 is 2.93 bits per heavy atom. The van der Waals surface area contributed by atoms with Crippen LogP contribution in [-0.4, -0.2) is 23.0 Å². The largest absolute Gasteiger partial charge is 0.375 e. The molecule has 1 aliphatic rings. The molecule has 3 nitrogen and oxygen atoms in total. The summed E-state index contributed by atoms with van der Waals surface area (Å²) in [7, 11) is 0. The first-order valence-corrected chi connectivity index (χ1v) is 6.52. The third kappa shape index (κ3) is 3.47. The van der Waals surface area contributed by atoms with Gasteiger partial charge in [0.15, 0.2) is 5.13 Å². The van der Waals surface area contributed by atoms with E-state index in [0.717, 1.165) is 19.0 Å². The summed E-state index contributed by atoms with van der Waals surface area (Å²) in [5.41, 5.74) is 5.62. The third-order valence-electron chi connectivity index (χ3n) is 2.95. The van der Waals surface area contributed by atoms with Crippen molar-refractivity contribution in [3.05, 3.63) is 11.1 Å². The lowest BCUT2D eigenvalue weighted by molar-refractivity contribution is 0.273. The lowest BCUT2D eigenvalue weighted by atomic mass is 10.2. The summed E-state index contributed by atoms with van der Waals surface area (Å²) in [6.45, 7) is 5.57. The quantitative estimate of drug-likeness (QED) is 0.808. The van der Waals surface area contributed by atoms with Crippen LogP contribution in [0.3, 0.4) is 0 Å². The minimum absolute atomic E-state index is 0.684. The van der Waals surface area contributed by atoms with Crippen molar-refractivity contribution < 1.29 is 0 Å². The molecule has 4 heteroatoms.